The van der Waals surface area contributed by atoms with E-state index in [1.807, 2.05) is 42.5 Å². The highest BCUT2D eigenvalue weighted by molar-refractivity contribution is 6.31. The molecule has 5 heteroatoms. The van der Waals surface area contributed by atoms with Gasteiger partial charge in [-0.15, -0.1) is 0 Å². The fraction of sp³-hybridized carbons (Fsp3) is 0.235. The van der Waals surface area contributed by atoms with E-state index >= 15 is 0 Å². The standard InChI is InChI=1S/C17H16ClNO3/c1-11(20)19-17(13-4-2-3-5-14(13)18)12-6-7-15-16(10-12)22-9-8-21-15/h2-7,10,17H,8-9H2,1H3,(H,19,20). The molecule has 4 nitrogen and oxygen atoms in total. The first kappa shape index (κ1) is 14.7. The summed E-state index contributed by atoms with van der Waals surface area (Å²) in [6.45, 7) is 2.56. The van der Waals surface area contributed by atoms with Crippen molar-refractivity contribution in [2.45, 2.75) is 13.0 Å². The molecule has 0 saturated heterocycles. The minimum Gasteiger partial charge on any atom is -0.486 e. The molecule has 114 valence electrons. The van der Waals surface area contributed by atoms with Crippen molar-refractivity contribution in [1.82, 2.24) is 5.32 Å². The lowest BCUT2D eigenvalue weighted by atomic mass is 9.98. The summed E-state index contributed by atoms with van der Waals surface area (Å²) < 4.78 is 11.1. The van der Waals surface area contributed by atoms with Gasteiger partial charge in [-0.1, -0.05) is 35.9 Å². The Morgan fingerprint density at radius 3 is 2.59 bits per heavy atom. The molecule has 1 N–H and O–H groups in total. The van der Waals surface area contributed by atoms with E-state index in [0.29, 0.717) is 24.0 Å². The van der Waals surface area contributed by atoms with E-state index in [-0.39, 0.29) is 11.9 Å². The number of benzene rings is 2. The summed E-state index contributed by atoms with van der Waals surface area (Å²) in [7, 11) is 0. The fourth-order valence-electron chi connectivity index (χ4n) is 2.49. The van der Waals surface area contributed by atoms with Gasteiger partial charge in [-0.25, -0.2) is 0 Å². The summed E-state index contributed by atoms with van der Waals surface area (Å²) in [4.78, 5) is 11.6. The van der Waals surface area contributed by atoms with Gasteiger partial charge in [0.1, 0.15) is 13.2 Å². The molecular weight excluding hydrogens is 302 g/mol. The van der Waals surface area contributed by atoms with Gasteiger partial charge in [0, 0.05) is 11.9 Å². The number of amides is 1. The van der Waals surface area contributed by atoms with Crippen LogP contribution in [0.5, 0.6) is 11.5 Å². The quantitative estimate of drug-likeness (QED) is 0.944. The summed E-state index contributed by atoms with van der Waals surface area (Å²) in [6.07, 6.45) is 0. The molecule has 22 heavy (non-hydrogen) atoms. The van der Waals surface area contributed by atoms with Crippen LogP contribution in [-0.4, -0.2) is 19.1 Å². The minimum absolute atomic E-state index is 0.125. The Hall–Kier alpha value is -2.20. The number of ether oxygens (including phenoxy) is 2. The Morgan fingerprint density at radius 1 is 1.14 bits per heavy atom. The number of rotatable bonds is 3. The fourth-order valence-corrected chi connectivity index (χ4v) is 2.74. The minimum atomic E-state index is -0.331. The highest BCUT2D eigenvalue weighted by Crippen LogP contribution is 2.35. The zero-order valence-corrected chi connectivity index (χ0v) is 12.9. The maximum absolute atomic E-state index is 11.6. The van der Waals surface area contributed by atoms with Gasteiger partial charge in [-0.05, 0) is 29.3 Å². The van der Waals surface area contributed by atoms with Crippen LogP contribution >= 0.6 is 11.6 Å². The third-order valence-electron chi connectivity index (χ3n) is 3.46. The van der Waals surface area contributed by atoms with Gasteiger partial charge in [0.15, 0.2) is 11.5 Å². The van der Waals surface area contributed by atoms with E-state index in [1.165, 1.54) is 6.92 Å². The zero-order valence-electron chi connectivity index (χ0n) is 12.1. The van der Waals surface area contributed by atoms with Crippen molar-refractivity contribution >= 4 is 17.5 Å². The Labute approximate surface area is 134 Å². The topological polar surface area (TPSA) is 47.6 Å². The molecule has 0 fully saturated rings. The molecule has 0 aromatic heterocycles. The molecule has 1 amide bonds. The van der Waals surface area contributed by atoms with Gasteiger partial charge in [0.25, 0.3) is 0 Å². The van der Waals surface area contributed by atoms with Crippen molar-refractivity contribution in [3.8, 4) is 11.5 Å². The normalized spacial score (nSPS) is 14.3. The maximum Gasteiger partial charge on any atom is 0.217 e. The molecule has 1 atom stereocenters. The van der Waals surface area contributed by atoms with E-state index in [2.05, 4.69) is 5.32 Å². The largest absolute Gasteiger partial charge is 0.486 e. The van der Waals surface area contributed by atoms with Crippen molar-refractivity contribution in [2.24, 2.45) is 0 Å². The van der Waals surface area contributed by atoms with Crippen molar-refractivity contribution in [2.75, 3.05) is 13.2 Å². The molecule has 0 radical (unpaired) electrons. The predicted molar refractivity (Wildman–Crippen MR) is 84.5 cm³/mol. The van der Waals surface area contributed by atoms with Crippen LogP contribution in [0.25, 0.3) is 0 Å². The van der Waals surface area contributed by atoms with Crippen LogP contribution in [0.2, 0.25) is 5.02 Å². The predicted octanol–water partition coefficient (Wildman–Crippen LogP) is 3.34. The number of carbonyl (C=O) groups excluding carboxylic acids is 1. The zero-order chi connectivity index (χ0) is 15.5. The number of fused-ring (bicyclic) bond motifs is 1. The van der Waals surface area contributed by atoms with Crippen LogP contribution in [0.15, 0.2) is 42.5 Å². The highest BCUT2D eigenvalue weighted by Gasteiger charge is 2.21. The van der Waals surface area contributed by atoms with E-state index in [9.17, 15) is 4.79 Å². The second-order valence-corrected chi connectivity index (χ2v) is 5.47. The number of nitrogens with one attached hydrogen (secondary N) is 1. The van der Waals surface area contributed by atoms with Gasteiger partial charge in [-0.3, -0.25) is 4.79 Å². The van der Waals surface area contributed by atoms with E-state index < -0.39 is 0 Å². The molecule has 0 bridgehead atoms. The van der Waals surface area contributed by atoms with Crippen LogP contribution in [0.1, 0.15) is 24.1 Å². The van der Waals surface area contributed by atoms with Gasteiger partial charge in [0.05, 0.1) is 6.04 Å². The molecule has 1 unspecified atom stereocenters. The number of carbonyl (C=O) groups is 1. The van der Waals surface area contributed by atoms with E-state index in [0.717, 1.165) is 16.9 Å². The first-order valence-corrected chi connectivity index (χ1v) is 7.44. The summed E-state index contributed by atoms with van der Waals surface area (Å²) >= 11 is 6.29. The molecule has 2 aromatic carbocycles. The molecule has 0 saturated carbocycles. The van der Waals surface area contributed by atoms with E-state index in [1.54, 1.807) is 0 Å². The van der Waals surface area contributed by atoms with Crippen LogP contribution < -0.4 is 14.8 Å². The molecule has 3 rings (SSSR count). The lowest BCUT2D eigenvalue weighted by Gasteiger charge is -2.23. The monoisotopic (exact) mass is 317 g/mol. The SMILES string of the molecule is CC(=O)NC(c1ccc2c(c1)OCCO2)c1ccccc1Cl. The molecule has 1 aliphatic rings. The van der Waals surface area contributed by atoms with Crippen molar-refractivity contribution in [1.29, 1.82) is 0 Å². The van der Waals surface area contributed by atoms with Crippen LogP contribution in [0.3, 0.4) is 0 Å². The molecule has 1 aliphatic heterocycles. The van der Waals surface area contributed by atoms with Gasteiger partial charge in [0.2, 0.25) is 5.91 Å². The smallest absolute Gasteiger partial charge is 0.217 e. The average molecular weight is 318 g/mol. The summed E-state index contributed by atoms with van der Waals surface area (Å²) in [6, 6.07) is 12.8. The third-order valence-corrected chi connectivity index (χ3v) is 3.81. The van der Waals surface area contributed by atoms with Crippen molar-refractivity contribution in [3.05, 3.63) is 58.6 Å². The Bertz CT molecular complexity index is 702. The Balaban J connectivity index is 2.02. The van der Waals surface area contributed by atoms with Gasteiger partial charge in [-0.2, -0.15) is 0 Å². The van der Waals surface area contributed by atoms with E-state index in [4.69, 9.17) is 21.1 Å². The van der Waals surface area contributed by atoms with Crippen LogP contribution in [0.4, 0.5) is 0 Å². The lowest BCUT2D eigenvalue weighted by molar-refractivity contribution is -0.119. The second-order valence-electron chi connectivity index (χ2n) is 5.06. The van der Waals surface area contributed by atoms with Gasteiger partial charge < -0.3 is 14.8 Å². The maximum atomic E-state index is 11.6. The molecular formula is C17H16ClNO3. The summed E-state index contributed by atoms with van der Waals surface area (Å²) in [5.41, 5.74) is 1.74. The number of halogens is 1. The molecule has 1 heterocycles. The summed E-state index contributed by atoms with van der Waals surface area (Å²) in [5, 5.41) is 3.55. The Morgan fingerprint density at radius 2 is 1.86 bits per heavy atom. The first-order valence-electron chi connectivity index (χ1n) is 7.06. The van der Waals surface area contributed by atoms with Crippen LogP contribution in [-0.2, 0) is 4.79 Å². The first-order chi connectivity index (χ1) is 10.6. The number of hydrogen-bond donors (Lipinski definition) is 1. The Kier molecular flexibility index (Phi) is 4.20. The third kappa shape index (κ3) is 3.02. The second kappa shape index (κ2) is 6.28. The average Bonchev–Trinajstić information content (AvgIpc) is 2.53. The molecule has 0 aliphatic carbocycles. The van der Waals surface area contributed by atoms with Crippen molar-refractivity contribution in [3.63, 3.8) is 0 Å². The molecule has 0 spiro atoms. The number of hydrogen-bond acceptors (Lipinski definition) is 3. The lowest BCUT2D eigenvalue weighted by Crippen LogP contribution is -2.27. The van der Waals surface area contributed by atoms with Crippen LogP contribution in [0, 0.1) is 0 Å². The summed E-state index contributed by atoms with van der Waals surface area (Å²) in [5.74, 6) is 1.28. The van der Waals surface area contributed by atoms with Gasteiger partial charge >= 0.3 is 0 Å². The highest BCUT2D eigenvalue weighted by atomic mass is 35.5. The van der Waals surface area contributed by atoms with Crippen molar-refractivity contribution < 1.29 is 14.3 Å². The molecule has 2 aromatic rings.